The summed E-state index contributed by atoms with van der Waals surface area (Å²) in [6.07, 6.45) is 0.567. The summed E-state index contributed by atoms with van der Waals surface area (Å²) >= 11 is 0. The van der Waals surface area contributed by atoms with Crippen molar-refractivity contribution < 1.29 is 13.5 Å². The van der Waals surface area contributed by atoms with Crippen LogP contribution in [0.15, 0.2) is 28.7 Å². The van der Waals surface area contributed by atoms with Gasteiger partial charge in [-0.1, -0.05) is 6.07 Å². The van der Waals surface area contributed by atoms with Crippen LogP contribution in [0, 0.1) is 19.7 Å². The Morgan fingerprint density at radius 1 is 1.35 bits per heavy atom. The Labute approximate surface area is 117 Å². The van der Waals surface area contributed by atoms with E-state index in [2.05, 4.69) is 5.43 Å². The first kappa shape index (κ1) is 14.6. The predicted molar refractivity (Wildman–Crippen MR) is 74.9 cm³/mol. The summed E-state index contributed by atoms with van der Waals surface area (Å²) < 4.78 is 24.1. The standard InChI is InChI=1S/C15H19FN2O2/c1-9-6-12(10(2)20-9)14(18-17)8-11-4-5-15(19-3)13(16)7-11/h4-7,14,18H,8,17H2,1-3H3. The van der Waals surface area contributed by atoms with Gasteiger partial charge < -0.3 is 9.15 Å². The first-order valence-corrected chi connectivity index (χ1v) is 6.40. The van der Waals surface area contributed by atoms with Crippen molar-refractivity contribution in [3.63, 3.8) is 0 Å². The topological polar surface area (TPSA) is 60.4 Å². The monoisotopic (exact) mass is 278 g/mol. The summed E-state index contributed by atoms with van der Waals surface area (Å²) in [6, 6.07) is 6.73. The minimum atomic E-state index is -0.374. The molecule has 0 bridgehead atoms. The van der Waals surface area contributed by atoms with E-state index in [1.807, 2.05) is 26.0 Å². The Morgan fingerprint density at radius 2 is 2.10 bits per heavy atom. The highest BCUT2D eigenvalue weighted by atomic mass is 19.1. The van der Waals surface area contributed by atoms with E-state index in [-0.39, 0.29) is 17.6 Å². The molecule has 1 aromatic heterocycles. The molecule has 2 rings (SSSR count). The number of hydrogen-bond acceptors (Lipinski definition) is 4. The zero-order chi connectivity index (χ0) is 14.7. The molecule has 1 aromatic carbocycles. The lowest BCUT2D eigenvalue weighted by atomic mass is 9.99. The molecule has 108 valence electrons. The van der Waals surface area contributed by atoms with Crippen molar-refractivity contribution in [1.82, 2.24) is 5.43 Å². The Bertz CT molecular complexity index is 596. The van der Waals surface area contributed by atoms with Gasteiger partial charge in [0.25, 0.3) is 0 Å². The summed E-state index contributed by atoms with van der Waals surface area (Å²) in [6.45, 7) is 3.78. The van der Waals surface area contributed by atoms with Gasteiger partial charge in [0, 0.05) is 5.56 Å². The van der Waals surface area contributed by atoms with Crippen molar-refractivity contribution in [2.75, 3.05) is 7.11 Å². The second kappa shape index (κ2) is 6.07. The summed E-state index contributed by atoms with van der Waals surface area (Å²) in [7, 11) is 1.44. The lowest BCUT2D eigenvalue weighted by molar-refractivity contribution is 0.386. The number of benzene rings is 1. The molecule has 0 fully saturated rings. The molecule has 1 heterocycles. The Hall–Kier alpha value is -1.85. The molecule has 0 saturated heterocycles. The van der Waals surface area contributed by atoms with Crippen LogP contribution in [0.2, 0.25) is 0 Å². The van der Waals surface area contributed by atoms with Crippen molar-refractivity contribution in [3.8, 4) is 5.75 Å². The van der Waals surface area contributed by atoms with Crippen molar-refractivity contribution >= 4 is 0 Å². The van der Waals surface area contributed by atoms with E-state index in [0.717, 1.165) is 22.6 Å². The third-order valence-electron chi connectivity index (χ3n) is 3.31. The number of hydrazine groups is 1. The molecule has 5 heteroatoms. The Balaban J connectivity index is 2.22. The molecule has 3 N–H and O–H groups in total. The number of furan rings is 1. The number of nitrogens with two attached hydrogens (primary N) is 1. The molecule has 0 amide bonds. The fraction of sp³-hybridized carbons (Fsp3) is 0.333. The highest BCUT2D eigenvalue weighted by Crippen LogP contribution is 2.26. The van der Waals surface area contributed by atoms with Crippen molar-refractivity contribution in [2.24, 2.45) is 5.84 Å². The van der Waals surface area contributed by atoms with Crippen LogP contribution >= 0.6 is 0 Å². The molecule has 2 aromatic rings. The average molecular weight is 278 g/mol. The lowest BCUT2D eigenvalue weighted by Crippen LogP contribution is -2.29. The molecular formula is C15H19FN2O2. The van der Waals surface area contributed by atoms with Crippen LogP contribution in [0.4, 0.5) is 4.39 Å². The van der Waals surface area contributed by atoms with Gasteiger partial charge in [-0.25, -0.2) is 4.39 Å². The fourth-order valence-corrected chi connectivity index (χ4v) is 2.33. The van der Waals surface area contributed by atoms with Crippen LogP contribution in [0.5, 0.6) is 5.75 Å². The predicted octanol–water partition coefficient (Wildman–Crippen LogP) is 2.79. The van der Waals surface area contributed by atoms with Gasteiger partial charge in [0.1, 0.15) is 11.5 Å². The molecule has 1 unspecified atom stereocenters. The maximum Gasteiger partial charge on any atom is 0.165 e. The largest absolute Gasteiger partial charge is 0.494 e. The van der Waals surface area contributed by atoms with Gasteiger partial charge in [0.05, 0.1) is 13.2 Å². The zero-order valence-electron chi connectivity index (χ0n) is 11.9. The minimum absolute atomic E-state index is 0.125. The Morgan fingerprint density at radius 3 is 2.60 bits per heavy atom. The zero-order valence-corrected chi connectivity index (χ0v) is 11.9. The Kier molecular flexibility index (Phi) is 4.42. The quantitative estimate of drug-likeness (QED) is 0.652. The second-order valence-corrected chi connectivity index (χ2v) is 4.76. The maximum absolute atomic E-state index is 13.7. The van der Waals surface area contributed by atoms with Gasteiger partial charge in [-0.15, -0.1) is 0 Å². The number of nitrogens with one attached hydrogen (secondary N) is 1. The highest BCUT2D eigenvalue weighted by Gasteiger charge is 2.17. The number of ether oxygens (including phenoxy) is 1. The molecule has 20 heavy (non-hydrogen) atoms. The summed E-state index contributed by atoms with van der Waals surface area (Å²) in [5.74, 6) is 7.13. The summed E-state index contributed by atoms with van der Waals surface area (Å²) in [4.78, 5) is 0. The van der Waals surface area contributed by atoms with Crippen molar-refractivity contribution in [1.29, 1.82) is 0 Å². The molecule has 0 radical (unpaired) electrons. The molecule has 0 aliphatic heterocycles. The SMILES string of the molecule is COc1ccc(CC(NN)c2cc(C)oc2C)cc1F. The number of halogens is 1. The molecule has 0 aliphatic carbocycles. The van der Waals surface area contributed by atoms with Gasteiger partial charge in [-0.05, 0) is 44.0 Å². The summed E-state index contributed by atoms with van der Waals surface area (Å²) in [5, 5.41) is 0. The van der Waals surface area contributed by atoms with Crippen LogP contribution in [-0.4, -0.2) is 7.11 Å². The van der Waals surface area contributed by atoms with Gasteiger partial charge in [-0.3, -0.25) is 11.3 Å². The lowest BCUT2D eigenvalue weighted by Gasteiger charge is -2.15. The van der Waals surface area contributed by atoms with Crippen LogP contribution in [0.3, 0.4) is 0 Å². The van der Waals surface area contributed by atoms with E-state index < -0.39 is 0 Å². The van der Waals surface area contributed by atoms with Crippen molar-refractivity contribution in [3.05, 3.63) is 52.7 Å². The number of hydrogen-bond donors (Lipinski definition) is 2. The molecule has 0 saturated carbocycles. The number of rotatable bonds is 5. The van der Waals surface area contributed by atoms with Crippen LogP contribution < -0.4 is 16.0 Å². The first-order valence-electron chi connectivity index (χ1n) is 6.40. The molecule has 0 aliphatic rings. The number of methoxy groups -OCH3 is 1. The smallest absolute Gasteiger partial charge is 0.165 e. The van der Waals surface area contributed by atoms with Gasteiger partial charge in [0.2, 0.25) is 0 Å². The van der Waals surface area contributed by atoms with E-state index in [1.54, 1.807) is 6.07 Å². The van der Waals surface area contributed by atoms with Gasteiger partial charge in [-0.2, -0.15) is 0 Å². The van der Waals surface area contributed by atoms with Gasteiger partial charge in [0.15, 0.2) is 11.6 Å². The van der Waals surface area contributed by atoms with E-state index in [9.17, 15) is 4.39 Å². The van der Waals surface area contributed by atoms with E-state index in [0.29, 0.717) is 6.42 Å². The van der Waals surface area contributed by atoms with E-state index in [4.69, 9.17) is 15.0 Å². The van der Waals surface area contributed by atoms with Crippen LogP contribution in [0.25, 0.3) is 0 Å². The van der Waals surface area contributed by atoms with Crippen LogP contribution in [0.1, 0.15) is 28.7 Å². The average Bonchev–Trinajstić information content (AvgIpc) is 2.75. The minimum Gasteiger partial charge on any atom is -0.494 e. The van der Waals surface area contributed by atoms with E-state index >= 15 is 0 Å². The second-order valence-electron chi connectivity index (χ2n) is 4.76. The molecule has 4 nitrogen and oxygen atoms in total. The normalized spacial score (nSPS) is 12.4. The fourth-order valence-electron chi connectivity index (χ4n) is 2.33. The van der Waals surface area contributed by atoms with E-state index in [1.165, 1.54) is 13.2 Å². The maximum atomic E-state index is 13.7. The third-order valence-corrected chi connectivity index (χ3v) is 3.31. The molecular weight excluding hydrogens is 259 g/mol. The number of aryl methyl sites for hydroxylation is 2. The third kappa shape index (κ3) is 3.00. The van der Waals surface area contributed by atoms with Crippen LogP contribution in [-0.2, 0) is 6.42 Å². The molecule has 1 atom stereocenters. The summed E-state index contributed by atoms with van der Waals surface area (Å²) in [5.41, 5.74) is 4.58. The van der Waals surface area contributed by atoms with Crippen molar-refractivity contribution in [2.45, 2.75) is 26.3 Å². The van der Waals surface area contributed by atoms with Gasteiger partial charge >= 0.3 is 0 Å². The molecule has 0 spiro atoms. The highest BCUT2D eigenvalue weighted by molar-refractivity contribution is 5.32. The first-order chi connectivity index (χ1) is 9.55.